The van der Waals surface area contributed by atoms with Crippen LogP contribution in [0.2, 0.25) is 0 Å². The van der Waals surface area contributed by atoms with Crippen molar-refractivity contribution in [3.05, 3.63) is 84.2 Å². The van der Waals surface area contributed by atoms with Gasteiger partial charge in [0.15, 0.2) is 0 Å². The average molecular weight is 414 g/mol. The lowest BCUT2D eigenvalue weighted by Crippen LogP contribution is -2.33. The highest BCUT2D eigenvalue weighted by Crippen LogP contribution is 2.25. The third-order valence-corrected chi connectivity index (χ3v) is 5.06. The lowest BCUT2D eigenvalue weighted by molar-refractivity contribution is 0.251. The molecule has 3 aromatic rings. The minimum Gasteiger partial charge on any atom is -0.337 e. The monoisotopic (exact) mass is 413 g/mol. The quantitative estimate of drug-likeness (QED) is 0.571. The molecule has 0 saturated carbocycles. The second kappa shape index (κ2) is 10.9. The number of nitrogens with one attached hydrogen (secondary N) is 2. The van der Waals surface area contributed by atoms with E-state index in [0.717, 1.165) is 24.1 Å². The predicted molar refractivity (Wildman–Crippen MR) is 124 cm³/mol. The van der Waals surface area contributed by atoms with Crippen LogP contribution in [0.4, 0.5) is 10.5 Å². The van der Waals surface area contributed by atoms with E-state index >= 15 is 0 Å². The first-order valence-corrected chi connectivity index (χ1v) is 10.3. The van der Waals surface area contributed by atoms with E-state index in [1.165, 1.54) is 5.56 Å². The third-order valence-electron chi connectivity index (χ3n) is 5.06. The zero-order valence-corrected chi connectivity index (χ0v) is 17.9. The van der Waals surface area contributed by atoms with Gasteiger partial charge < -0.3 is 15.5 Å². The molecule has 0 bridgehead atoms. The number of amides is 2. The zero-order chi connectivity index (χ0) is 22.1. The summed E-state index contributed by atoms with van der Waals surface area (Å²) in [6.45, 7) is 1.45. The van der Waals surface area contributed by atoms with Crippen LogP contribution in [0.3, 0.4) is 0 Å². The Bertz CT molecular complexity index is 1030. The maximum absolute atomic E-state index is 12.3. The SMILES string of the molecule is CN(C)CCC(CNC(=O)Nc1cccnc1)c1ccc(-c2cccc(C#N)c2)cc1. The molecular formula is C25H27N5O. The molecule has 31 heavy (non-hydrogen) atoms. The summed E-state index contributed by atoms with van der Waals surface area (Å²) in [5.41, 5.74) is 4.56. The molecular weight excluding hydrogens is 386 g/mol. The van der Waals surface area contributed by atoms with E-state index in [4.69, 9.17) is 5.26 Å². The minimum absolute atomic E-state index is 0.182. The molecule has 2 N–H and O–H groups in total. The molecule has 0 aliphatic rings. The maximum atomic E-state index is 12.3. The van der Waals surface area contributed by atoms with Gasteiger partial charge in [-0.15, -0.1) is 0 Å². The van der Waals surface area contributed by atoms with Crippen molar-refractivity contribution in [3.8, 4) is 17.2 Å². The first kappa shape index (κ1) is 22.0. The summed E-state index contributed by atoms with van der Waals surface area (Å²) in [7, 11) is 4.09. The Balaban J connectivity index is 1.69. The largest absolute Gasteiger partial charge is 0.337 e. The molecule has 0 radical (unpaired) electrons. The summed E-state index contributed by atoms with van der Waals surface area (Å²) in [6, 6.07) is 21.5. The highest BCUT2D eigenvalue weighted by atomic mass is 16.2. The van der Waals surface area contributed by atoms with Crippen LogP contribution in [0, 0.1) is 11.3 Å². The van der Waals surface area contributed by atoms with Crippen LogP contribution in [0.25, 0.3) is 11.1 Å². The first-order chi connectivity index (χ1) is 15.0. The van der Waals surface area contributed by atoms with Gasteiger partial charge in [0.1, 0.15) is 0 Å². The summed E-state index contributed by atoms with van der Waals surface area (Å²) in [5.74, 6) is 0.182. The highest BCUT2D eigenvalue weighted by molar-refractivity contribution is 5.89. The molecule has 2 aromatic carbocycles. The van der Waals surface area contributed by atoms with Gasteiger partial charge in [-0.1, -0.05) is 36.4 Å². The van der Waals surface area contributed by atoms with Crippen molar-refractivity contribution in [2.45, 2.75) is 12.3 Å². The lowest BCUT2D eigenvalue weighted by Gasteiger charge is -2.21. The molecule has 0 saturated heterocycles. The summed E-state index contributed by atoms with van der Waals surface area (Å²) < 4.78 is 0. The fraction of sp³-hybridized carbons (Fsp3) is 0.240. The van der Waals surface area contributed by atoms with E-state index < -0.39 is 0 Å². The Morgan fingerprint density at radius 1 is 1.10 bits per heavy atom. The molecule has 2 amide bonds. The van der Waals surface area contributed by atoms with Crippen LogP contribution in [0.15, 0.2) is 73.1 Å². The van der Waals surface area contributed by atoms with Crippen molar-refractivity contribution in [3.63, 3.8) is 0 Å². The average Bonchev–Trinajstić information content (AvgIpc) is 2.80. The highest BCUT2D eigenvalue weighted by Gasteiger charge is 2.14. The topological polar surface area (TPSA) is 81.1 Å². The van der Waals surface area contributed by atoms with Crippen LogP contribution < -0.4 is 10.6 Å². The van der Waals surface area contributed by atoms with Crippen molar-refractivity contribution < 1.29 is 4.79 Å². The Morgan fingerprint density at radius 2 is 1.90 bits per heavy atom. The van der Waals surface area contributed by atoms with Gasteiger partial charge >= 0.3 is 6.03 Å². The van der Waals surface area contributed by atoms with Gasteiger partial charge in [0.05, 0.1) is 23.5 Å². The number of carbonyl (C=O) groups excluding carboxylic acids is 1. The Kier molecular flexibility index (Phi) is 7.74. The van der Waals surface area contributed by atoms with Gasteiger partial charge in [-0.05, 0) is 68.0 Å². The van der Waals surface area contributed by atoms with Crippen LogP contribution in [-0.2, 0) is 0 Å². The minimum atomic E-state index is -0.243. The maximum Gasteiger partial charge on any atom is 0.319 e. The van der Waals surface area contributed by atoms with Crippen molar-refractivity contribution in [2.24, 2.45) is 0 Å². The second-order valence-electron chi connectivity index (χ2n) is 7.68. The van der Waals surface area contributed by atoms with Gasteiger partial charge in [0.2, 0.25) is 0 Å². The van der Waals surface area contributed by atoms with Crippen molar-refractivity contribution in [1.82, 2.24) is 15.2 Å². The number of urea groups is 1. The number of pyridine rings is 1. The number of hydrogen-bond donors (Lipinski definition) is 2. The molecule has 0 fully saturated rings. The number of nitriles is 1. The third kappa shape index (κ3) is 6.66. The molecule has 1 unspecified atom stereocenters. The van der Waals surface area contributed by atoms with Gasteiger partial charge in [0.25, 0.3) is 0 Å². The Morgan fingerprint density at radius 3 is 2.58 bits per heavy atom. The second-order valence-corrected chi connectivity index (χ2v) is 7.68. The molecule has 158 valence electrons. The molecule has 0 aliphatic carbocycles. The molecule has 6 heteroatoms. The summed E-state index contributed by atoms with van der Waals surface area (Å²) in [6.07, 6.45) is 4.20. The number of benzene rings is 2. The standard InChI is InChI=1S/C25H27N5O/c1-30(2)14-12-23(17-28-25(31)29-24-7-4-13-27-18-24)21-10-8-20(9-11-21)22-6-3-5-19(15-22)16-26/h3-11,13,15,18,23H,12,14,17H2,1-2H3,(H2,28,29,31). The number of rotatable bonds is 8. The molecule has 0 spiro atoms. The van der Waals surface area contributed by atoms with E-state index in [1.807, 2.05) is 32.3 Å². The van der Waals surface area contributed by atoms with Gasteiger partial charge in [-0.25, -0.2) is 4.79 Å². The van der Waals surface area contributed by atoms with E-state index in [9.17, 15) is 4.79 Å². The molecule has 6 nitrogen and oxygen atoms in total. The van der Waals surface area contributed by atoms with Gasteiger partial charge in [-0.2, -0.15) is 5.26 Å². The molecule has 1 aromatic heterocycles. The zero-order valence-electron chi connectivity index (χ0n) is 17.9. The number of anilines is 1. The molecule has 1 atom stereocenters. The van der Waals surface area contributed by atoms with E-state index in [1.54, 1.807) is 30.6 Å². The molecule has 3 rings (SSSR count). The van der Waals surface area contributed by atoms with E-state index in [0.29, 0.717) is 17.8 Å². The van der Waals surface area contributed by atoms with Crippen molar-refractivity contribution >= 4 is 11.7 Å². The smallest absolute Gasteiger partial charge is 0.319 e. The Hall–Kier alpha value is -3.69. The fourth-order valence-electron chi connectivity index (χ4n) is 3.34. The van der Waals surface area contributed by atoms with Crippen molar-refractivity contribution in [2.75, 3.05) is 32.5 Å². The summed E-state index contributed by atoms with van der Waals surface area (Å²) in [5, 5.41) is 14.9. The van der Waals surface area contributed by atoms with Gasteiger partial charge in [-0.3, -0.25) is 4.98 Å². The number of hydrogen-bond acceptors (Lipinski definition) is 4. The Labute approximate surface area is 183 Å². The normalized spacial score (nSPS) is 11.5. The first-order valence-electron chi connectivity index (χ1n) is 10.3. The van der Waals surface area contributed by atoms with Crippen molar-refractivity contribution in [1.29, 1.82) is 5.26 Å². The summed E-state index contributed by atoms with van der Waals surface area (Å²) >= 11 is 0. The molecule has 1 heterocycles. The molecule has 0 aliphatic heterocycles. The number of aromatic nitrogens is 1. The fourth-order valence-corrected chi connectivity index (χ4v) is 3.34. The number of nitrogens with zero attached hydrogens (tertiary/aromatic N) is 3. The van der Waals surface area contributed by atoms with Crippen LogP contribution in [0.5, 0.6) is 0 Å². The van der Waals surface area contributed by atoms with Crippen LogP contribution >= 0.6 is 0 Å². The summed E-state index contributed by atoms with van der Waals surface area (Å²) in [4.78, 5) is 18.5. The lowest BCUT2D eigenvalue weighted by atomic mass is 9.93. The van der Waals surface area contributed by atoms with Gasteiger partial charge in [0, 0.05) is 18.7 Å². The van der Waals surface area contributed by atoms with E-state index in [-0.39, 0.29) is 11.9 Å². The number of carbonyl (C=O) groups is 1. The van der Waals surface area contributed by atoms with Crippen LogP contribution in [-0.4, -0.2) is 43.1 Å². The van der Waals surface area contributed by atoms with Crippen LogP contribution in [0.1, 0.15) is 23.5 Å². The van der Waals surface area contributed by atoms with E-state index in [2.05, 4.69) is 50.9 Å². The predicted octanol–water partition coefficient (Wildman–Crippen LogP) is 4.48.